The SMILES string of the molecule is Cc1cc(C)cc(N(C)Cc2ccc(F)cc2C(=O)O)c1. The number of halogens is 1. The monoisotopic (exact) mass is 287 g/mol. The summed E-state index contributed by atoms with van der Waals surface area (Å²) < 4.78 is 13.2. The normalized spacial score (nSPS) is 10.5. The van der Waals surface area contributed by atoms with E-state index in [1.165, 1.54) is 12.1 Å². The van der Waals surface area contributed by atoms with Crippen LogP contribution in [0.2, 0.25) is 0 Å². The second-order valence-electron chi connectivity index (χ2n) is 5.31. The number of aryl methyl sites for hydroxylation is 2. The molecule has 2 rings (SSSR count). The van der Waals surface area contributed by atoms with Crippen molar-refractivity contribution in [1.82, 2.24) is 0 Å². The molecule has 0 aliphatic heterocycles. The molecule has 21 heavy (non-hydrogen) atoms. The summed E-state index contributed by atoms with van der Waals surface area (Å²) >= 11 is 0. The third-order valence-corrected chi connectivity index (χ3v) is 3.36. The number of carboxylic acids is 1. The van der Waals surface area contributed by atoms with Crippen LogP contribution in [0.4, 0.5) is 10.1 Å². The molecule has 110 valence electrons. The molecule has 1 N–H and O–H groups in total. The Kier molecular flexibility index (Phi) is 4.26. The molecule has 0 aliphatic rings. The minimum absolute atomic E-state index is 0.00576. The predicted octanol–water partition coefficient (Wildman–Crippen LogP) is 3.78. The largest absolute Gasteiger partial charge is 0.478 e. The smallest absolute Gasteiger partial charge is 0.336 e. The second kappa shape index (κ2) is 5.95. The molecule has 0 heterocycles. The van der Waals surface area contributed by atoms with Gasteiger partial charge in [0.05, 0.1) is 5.56 Å². The zero-order valence-corrected chi connectivity index (χ0v) is 12.4. The van der Waals surface area contributed by atoms with E-state index in [9.17, 15) is 14.3 Å². The second-order valence-corrected chi connectivity index (χ2v) is 5.31. The van der Waals surface area contributed by atoms with Gasteiger partial charge in [-0.15, -0.1) is 0 Å². The van der Waals surface area contributed by atoms with Crippen LogP contribution in [0, 0.1) is 19.7 Å². The van der Waals surface area contributed by atoms with Crippen LogP contribution in [0.15, 0.2) is 36.4 Å². The van der Waals surface area contributed by atoms with Gasteiger partial charge in [-0.25, -0.2) is 9.18 Å². The number of hydrogen-bond acceptors (Lipinski definition) is 2. The summed E-state index contributed by atoms with van der Waals surface area (Å²) in [6, 6.07) is 10.0. The first-order chi connectivity index (χ1) is 9.86. The van der Waals surface area contributed by atoms with Crippen LogP contribution in [0.1, 0.15) is 27.0 Å². The number of anilines is 1. The van der Waals surface area contributed by atoms with Crippen molar-refractivity contribution in [3.05, 3.63) is 64.5 Å². The molecule has 0 atom stereocenters. The molecule has 0 aromatic heterocycles. The molecule has 0 unspecified atom stereocenters. The molecule has 0 saturated carbocycles. The average Bonchev–Trinajstić information content (AvgIpc) is 2.39. The summed E-state index contributed by atoms with van der Waals surface area (Å²) in [4.78, 5) is 13.2. The Bertz CT molecular complexity index is 662. The number of carboxylic acid groups (broad SMARTS) is 1. The summed E-state index contributed by atoms with van der Waals surface area (Å²) in [5.74, 6) is -1.65. The lowest BCUT2D eigenvalue weighted by Gasteiger charge is -2.21. The van der Waals surface area contributed by atoms with E-state index in [1.807, 2.05) is 37.9 Å². The van der Waals surface area contributed by atoms with Gasteiger partial charge in [-0.1, -0.05) is 12.1 Å². The van der Waals surface area contributed by atoms with Crippen molar-refractivity contribution in [2.24, 2.45) is 0 Å². The van der Waals surface area contributed by atoms with Crippen molar-refractivity contribution in [3.8, 4) is 0 Å². The first-order valence-corrected chi connectivity index (χ1v) is 6.68. The van der Waals surface area contributed by atoms with Gasteiger partial charge in [0.2, 0.25) is 0 Å². The van der Waals surface area contributed by atoms with E-state index >= 15 is 0 Å². The lowest BCUT2D eigenvalue weighted by atomic mass is 10.1. The van der Waals surface area contributed by atoms with Crippen molar-refractivity contribution in [3.63, 3.8) is 0 Å². The van der Waals surface area contributed by atoms with E-state index in [2.05, 4.69) is 6.07 Å². The molecule has 0 spiro atoms. The Labute approximate surface area is 123 Å². The Morgan fingerprint density at radius 2 is 1.76 bits per heavy atom. The molecule has 0 saturated heterocycles. The van der Waals surface area contributed by atoms with Crippen LogP contribution in [0.25, 0.3) is 0 Å². The zero-order valence-electron chi connectivity index (χ0n) is 12.4. The van der Waals surface area contributed by atoms with Gasteiger partial charge in [-0.05, 0) is 54.8 Å². The zero-order chi connectivity index (χ0) is 15.6. The molecule has 4 heteroatoms. The highest BCUT2D eigenvalue weighted by Crippen LogP contribution is 2.21. The standard InChI is InChI=1S/C17H18FNO2/c1-11-6-12(2)8-15(7-11)19(3)10-13-4-5-14(18)9-16(13)17(20)21/h4-9H,10H2,1-3H3,(H,20,21). The Morgan fingerprint density at radius 3 is 2.33 bits per heavy atom. The summed E-state index contributed by atoms with van der Waals surface area (Å²) in [5, 5.41) is 9.18. The van der Waals surface area contributed by atoms with Gasteiger partial charge in [-0.2, -0.15) is 0 Å². The van der Waals surface area contributed by atoms with Crippen LogP contribution < -0.4 is 4.90 Å². The fraction of sp³-hybridized carbons (Fsp3) is 0.235. The van der Waals surface area contributed by atoms with E-state index in [1.54, 1.807) is 0 Å². The molecule has 2 aromatic carbocycles. The fourth-order valence-electron chi connectivity index (χ4n) is 2.40. The topological polar surface area (TPSA) is 40.5 Å². The Morgan fingerprint density at radius 1 is 1.14 bits per heavy atom. The maximum absolute atomic E-state index is 13.2. The van der Waals surface area contributed by atoms with Gasteiger partial charge in [-0.3, -0.25) is 0 Å². The molecule has 0 radical (unpaired) electrons. The van der Waals surface area contributed by atoms with E-state index in [-0.39, 0.29) is 5.56 Å². The van der Waals surface area contributed by atoms with Crippen molar-refractivity contribution < 1.29 is 14.3 Å². The molecule has 0 aliphatic carbocycles. The van der Waals surface area contributed by atoms with Gasteiger partial charge < -0.3 is 10.0 Å². The molecular weight excluding hydrogens is 269 g/mol. The highest BCUT2D eigenvalue weighted by Gasteiger charge is 2.13. The minimum atomic E-state index is -1.11. The van der Waals surface area contributed by atoms with Crippen LogP contribution in [0.5, 0.6) is 0 Å². The number of benzene rings is 2. The summed E-state index contributed by atoms with van der Waals surface area (Å²) in [5.41, 5.74) is 3.90. The molecule has 0 bridgehead atoms. The molecular formula is C17H18FNO2. The number of carbonyl (C=O) groups is 1. The number of rotatable bonds is 4. The van der Waals surface area contributed by atoms with E-state index in [0.717, 1.165) is 22.9 Å². The highest BCUT2D eigenvalue weighted by atomic mass is 19.1. The van der Waals surface area contributed by atoms with Crippen LogP contribution in [-0.2, 0) is 6.54 Å². The van der Waals surface area contributed by atoms with Crippen molar-refractivity contribution in [1.29, 1.82) is 0 Å². The van der Waals surface area contributed by atoms with Crippen LogP contribution >= 0.6 is 0 Å². The summed E-state index contributed by atoms with van der Waals surface area (Å²) in [6.07, 6.45) is 0. The third-order valence-electron chi connectivity index (χ3n) is 3.36. The number of aromatic carboxylic acids is 1. The Balaban J connectivity index is 2.31. The maximum atomic E-state index is 13.2. The lowest BCUT2D eigenvalue weighted by Crippen LogP contribution is -2.19. The first-order valence-electron chi connectivity index (χ1n) is 6.68. The van der Waals surface area contributed by atoms with E-state index in [0.29, 0.717) is 12.1 Å². The molecule has 3 nitrogen and oxygen atoms in total. The molecule has 0 fully saturated rings. The van der Waals surface area contributed by atoms with Gasteiger partial charge in [0, 0.05) is 19.3 Å². The predicted molar refractivity (Wildman–Crippen MR) is 81.4 cm³/mol. The number of hydrogen-bond donors (Lipinski definition) is 1. The third kappa shape index (κ3) is 3.60. The van der Waals surface area contributed by atoms with Gasteiger partial charge in [0.15, 0.2) is 0 Å². The fourth-order valence-corrected chi connectivity index (χ4v) is 2.40. The van der Waals surface area contributed by atoms with Gasteiger partial charge in [0.25, 0.3) is 0 Å². The van der Waals surface area contributed by atoms with Crippen molar-refractivity contribution in [2.45, 2.75) is 20.4 Å². The van der Waals surface area contributed by atoms with Gasteiger partial charge in [0.1, 0.15) is 5.82 Å². The van der Waals surface area contributed by atoms with Crippen LogP contribution in [-0.4, -0.2) is 18.1 Å². The maximum Gasteiger partial charge on any atom is 0.336 e. The quantitative estimate of drug-likeness (QED) is 0.930. The highest BCUT2D eigenvalue weighted by molar-refractivity contribution is 5.89. The average molecular weight is 287 g/mol. The van der Waals surface area contributed by atoms with E-state index in [4.69, 9.17) is 0 Å². The lowest BCUT2D eigenvalue weighted by molar-refractivity contribution is 0.0695. The van der Waals surface area contributed by atoms with Crippen LogP contribution in [0.3, 0.4) is 0 Å². The number of nitrogens with zero attached hydrogens (tertiary/aromatic N) is 1. The van der Waals surface area contributed by atoms with Gasteiger partial charge >= 0.3 is 5.97 Å². The molecule has 0 amide bonds. The first kappa shape index (κ1) is 15.0. The van der Waals surface area contributed by atoms with Crippen molar-refractivity contribution >= 4 is 11.7 Å². The Hall–Kier alpha value is -2.36. The van der Waals surface area contributed by atoms with Crippen molar-refractivity contribution in [2.75, 3.05) is 11.9 Å². The van der Waals surface area contributed by atoms with E-state index < -0.39 is 11.8 Å². The minimum Gasteiger partial charge on any atom is -0.478 e. The summed E-state index contributed by atoms with van der Waals surface area (Å²) in [6.45, 7) is 4.45. The molecule has 2 aromatic rings. The summed E-state index contributed by atoms with van der Waals surface area (Å²) in [7, 11) is 1.89.